The van der Waals surface area contributed by atoms with Gasteiger partial charge in [0.05, 0.1) is 11.4 Å². The molecular formula is C13H13N3O. The quantitative estimate of drug-likeness (QED) is 0.858. The van der Waals surface area contributed by atoms with Gasteiger partial charge in [0.2, 0.25) is 5.91 Å². The van der Waals surface area contributed by atoms with Crippen LogP contribution in [0.5, 0.6) is 0 Å². The molecule has 0 saturated heterocycles. The minimum Gasteiger partial charge on any atom is -0.369 e. The Kier molecular flexibility index (Phi) is 2.87. The normalized spacial score (nSPS) is 11.1. The topological polar surface area (TPSA) is 68.9 Å². The molecule has 86 valence electrons. The summed E-state index contributed by atoms with van der Waals surface area (Å²) < 4.78 is 0. The molecule has 0 bridgehead atoms. The van der Waals surface area contributed by atoms with Gasteiger partial charge in [-0.05, 0) is 31.2 Å². The summed E-state index contributed by atoms with van der Waals surface area (Å²) in [5.41, 5.74) is 5.72. The van der Waals surface area contributed by atoms with E-state index in [0.717, 1.165) is 0 Å². The molecule has 4 heteroatoms. The summed E-state index contributed by atoms with van der Waals surface area (Å²) in [6.07, 6.45) is 3.28. The number of carbonyl (C=O) groups is 1. The van der Waals surface area contributed by atoms with Crippen LogP contribution in [-0.4, -0.2) is 15.9 Å². The van der Waals surface area contributed by atoms with Crippen LogP contribution in [0.1, 0.15) is 18.3 Å². The number of nitrogens with two attached hydrogens (primary N) is 1. The molecule has 0 fully saturated rings. The van der Waals surface area contributed by atoms with E-state index in [-0.39, 0.29) is 0 Å². The lowest BCUT2D eigenvalue weighted by molar-refractivity contribution is -0.121. The Labute approximate surface area is 99.5 Å². The summed E-state index contributed by atoms with van der Waals surface area (Å²) in [7, 11) is 0. The smallest absolute Gasteiger partial charge is 0.235 e. The van der Waals surface area contributed by atoms with Gasteiger partial charge in [0.15, 0.2) is 0 Å². The standard InChI is InChI=1S/C13H13N3O/c1-13(12(14)17,10-6-2-4-8-15-10)11-7-3-5-9-16-11/h2-9H,1H3,(H2,14,17). The molecule has 2 N–H and O–H groups in total. The van der Waals surface area contributed by atoms with E-state index in [1.165, 1.54) is 0 Å². The van der Waals surface area contributed by atoms with Gasteiger partial charge < -0.3 is 5.73 Å². The Balaban J connectivity index is 2.59. The van der Waals surface area contributed by atoms with Gasteiger partial charge in [0.25, 0.3) is 0 Å². The minimum atomic E-state index is -0.998. The summed E-state index contributed by atoms with van der Waals surface area (Å²) >= 11 is 0. The SMILES string of the molecule is CC(C(N)=O)(c1ccccn1)c1ccccn1. The molecule has 2 aromatic rings. The third kappa shape index (κ3) is 1.89. The zero-order valence-corrected chi connectivity index (χ0v) is 9.50. The van der Waals surface area contributed by atoms with E-state index in [0.29, 0.717) is 11.4 Å². The van der Waals surface area contributed by atoms with E-state index in [4.69, 9.17) is 5.73 Å². The first-order valence-corrected chi connectivity index (χ1v) is 5.28. The maximum Gasteiger partial charge on any atom is 0.235 e. The van der Waals surface area contributed by atoms with E-state index in [2.05, 4.69) is 9.97 Å². The van der Waals surface area contributed by atoms with Crippen LogP contribution in [0.3, 0.4) is 0 Å². The second-order valence-corrected chi connectivity index (χ2v) is 3.92. The maximum absolute atomic E-state index is 11.8. The summed E-state index contributed by atoms with van der Waals surface area (Å²) in [6, 6.07) is 10.8. The Bertz CT molecular complexity index is 471. The lowest BCUT2D eigenvalue weighted by Gasteiger charge is -2.24. The second kappa shape index (κ2) is 4.33. The van der Waals surface area contributed by atoms with E-state index in [1.807, 2.05) is 12.1 Å². The van der Waals surface area contributed by atoms with Crippen LogP contribution in [0.4, 0.5) is 0 Å². The number of hydrogen-bond acceptors (Lipinski definition) is 3. The Hall–Kier alpha value is -2.23. The van der Waals surface area contributed by atoms with Crippen molar-refractivity contribution in [3.63, 3.8) is 0 Å². The molecule has 17 heavy (non-hydrogen) atoms. The summed E-state index contributed by atoms with van der Waals surface area (Å²) in [5, 5.41) is 0. The van der Waals surface area contributed by atoms with Gasteiger partial charge in [-0.2, -0.15) is 0 Å². The molecule has 0 aliphatic heterocycles. The highest BCUT2D eigenvalue weighted by Crippen LogP contribution is 2.28. The molecule has 1 amide bonds. The average Bonchev–Trinajstić information content (AvgIpc) is 2.39. The average molecular weight is 227 g/mol. The van der Waals surface area contributed by atoms with E-state index in [1.54, 1.807) is 43.6 Å². The Morgan fingerprint density at radius 1 is 1.06 bits per heavy atom. The van der Waals surface area contributed by atoms with Crippen molar-refractivity contribution in [3.8, 4) is 0 Å². The van der Waals surface area contributed by atoms with Gasteiger partial charge >= 0.3 is 0 Å². The summed E-state index contributed by atoms with van der Waals surface area (Å²) in [5.74, 6) is -0.463. The van der Waals surface area contributed by atoms with Crippen molar-refractivity contribution in [2.75, 3.05) is 0 Å². The monoisotopic (exact) mass is 227 g/mol. The number of carbonyl (C=O) groups excluding carboxylic acids is 1. The fraction of sp³-hybridized carbons (Fsp3) is 0.154. The zero-order chi connectivity index (χ0) is 12.3. The van der Waals surface area contributed by atoms with Crippen molar-refractivity contribution in [1.29, 1.82) is 0 Å². The van der Waals surface area contributed by atoms with Crippen molar-refractivity contribution in [2.24, 2.45) is 5.73 Å². The molecule has 0 spiro atoms. The predicted molar refractivity (Wildman–Crippen MR) is 64.1 cm³/mol. The number of aromatic nitrogens is 2. The fourth-order valence-electron chi connectivity index (χ4n) is 1.70. The van der Waals surface area contributed by atoms with Gasteiger partial charge in [0, 0.05) is 12.4 Å². The molecule has 2 rings (SSSR count). The van der Waals surface area contributed by atoms with Crippen molar-refractivity contribution >= 4 is 5.91 Å². The minimum absolute atomic E-state index is 0.463. The first kappa shape index (κ1) is 11.3. The number of rotatable bonds is 3. The van der Waals surface area contributed by atoms with Crippen LogP contribution >= 0.6 is 0 Å². The van der Waals surface area contributed by atoms with E-state index >= 15 is 0 Å². The van der Waals surface area contributed by atoms with Crippen molar-refractivity contribution in [3.05, 3.63) is 60.2 Å². The van der Waals surface area contributed by atoms with Crippen molar-refractivity contribution in [2.45, 2.75) is 12.3 Å². The lowest BCUT2D eigenvalue weighted by atomic mass is 9.81. The first-order valence-electron chi connectivity index (χ1n) is 5.28. The highest BCUT2D eigenvalue weighted by Gasteiger charge is 2.37. The maximum atomic E-state index is 11.8. The van der Waals surface area contributed by atoms with Crippen LogP contribution in [0.15, 0.2) is 48.8 Å². The summed E-state index contributed by atoms with van der Waals surface area (Å²) in [6.45, 7) is 1.74. The van der Waals surface area contributed by atoms with Gasteiger partial charge in [-0.3, -0.25) is 14.8 Å². The molecule has 2 heterocycles. The number of nitrogens with zero attached hydrogens (tertiary/aromatic N) is 2. The second-order valence-electron chi connectivity index (χ2n) is 3.92. The van der Waals surface area contributed by atoms with Gasteiger partial charge in [-0.1, -0.05) is 12.1 Å². The molecule has 0 aliphatic carbocycles. The van der Waals surface area contributed by atoms with E-state index in [9.17, 15) is 4.79 Å². The Morgan fingerprint density at radius 2 is 1.53 bits per heavy atom. The highest BCUT2D eigenvalue weighted by atomic mass is 16.1. The van der Waals surface area contributed by atoms with Crippen molar-refractivity contribution in [1.82, 2.24) is 9.97 Å². The fourth-order valence-corrected chi connectivity index (χ4v) is 1.70. The lowest BCUT2D eigenvalue weighted by Crippen LogP contribution is -2.40. The molecule has 0 aromatic carbocycles. The number of pyridine rings is 2. The molecule has 0 atom stereocenters. The molecule has 2 aromatic heterocycles. The largest absolute Gasteiger partial charge is 0.369 e. The van der Waals surface area contributed by atoms with Gasteiger partial charge in [-0.15, -0.1) is 0 Å². The third-order valence-corrected chi connectivity index (χ3v) is 2.85. The van der Waals surface area contributed by atoms with Crippen molar-refractivity contribution < 1.29 is 4.79 Å². The zero-order valence-electron chi connectivity index (χ0n) is 9.50. The van der Waals surface area contributed by atoms with Crippen LogP contribution < -0.4 is 5.73 Å². The van der Waals surface area contributed by atoms with Crippen LogP contribution in [0.25, 0.3) is 0 Å². The summed E-state index contributed by atoms with van der Waals surface area (Å²) in [4.78, 5) is 20.2. The van der Waals surface area contributed by atoms with Crippen LogP contribution in [0.2, 0.25) is 0 Å². The molecule has 0 saturated carbocycles. The number of primary amides is 1. The van der Waals surface area contributed by atoms with Gasteiger partial charge in [-0.25, -0.2) is 0 Å². The van der Waals surface area contributed by atoms with Gasteiger partial charge in [0.1, 0.15) is 5.41 Å². The predicted octanol–water partition coefficient (Wildman–Crippen LogP) is 1.27. The molecule has 0 radical (unpaired) electrons. The van der Waals surface area contributed by atoms with Crippen LogP contribution in [0, 0.1) is 0 Å². The highest BCUT2D eigenvalue weighted by molar-refractivity contribution is 5.89. The number of amides is 1. The van der Waals surface area contributed by atoms with Crippen LogP contribution in [-0.2, 0) is 10.2 Å². The van der Waals surface area contributed by atoms with E-state index < -0.39 is 11.3 Å². The molecule has 0 aliphatic rings. The number of hydrogen-bond donors (Lipinski definition) is 1. The first-order chi connectivity index (χ1) is 8.15. The molecular weight excluding hydrogens is 214 g/mol. The molecule has 4 nitrogen and oxygen atoms in total. The molecule has 0 unspecified atom stereocenters. The Morgan fingerprint density at radius 3 is 1.82 bits per heavy atom. The third-order valence-electron chi connectivity index (χ3n) is 2.85.